The molecule has 2 heterocycles. The number of rotatable bonds is 9. The van der Waals surface area contributed by atoms with Crippen molar-refractivity contribution in [2.45, 2.75) is 97.1 Å². The summed E-state index contributed by atoms with van der Waals surface area (Å²) in [5.74, 6) is 1.80. The van der Waals surface area contributed by atoms with E-state index in [0.717, 1.165) is 31.6 Å². The van der Waals surface area contributed by atoms with Gasteiger partial charge in [-0.3, -0.25) is 4.99 Å². The Labute approximate surface area is 154 Å². The number of hydrogen-bond donors (Lipinski definition) is 2. The van der Waals surface area contributed by atoms with E-state index in [0.29, 0.717) is 0 Å². The fourth-order valence-corrected chi connectivity index (χ4v) is 3.51. The van der Waals surface area contributed by atoms with Gasteiger partial charge >= 0.3 is 0 Å². The summed E-state index contributed by atoms with van der Waals surface area (Å²) < 4.78 is 0. The van der Waals surface area contributed by atoms with Crippen molar-refractivity contribution in [1.29, 1.82) is 0 Å². The molecule has 5 heteroatoms. The minimum absolute atomic E-state index is 0.188. The second kappa shape index (κ2) is 10.7. The molecule has 1 saturated heterocycles. The zero-order valence-electron chi connectivity index (χ0n) is 16.7. The van der Waals surface area contributed by atoms with Crippen LogP contribution in [0.3, 0.4) is 0 Å². The van der Waals surface area contributed by atoms with Crippen molar-refractivity contribution in [2.75, 3.05) is 19.6 Å². The zero-order valence-corrected chi connectivity index (χ0v) is 16.7. The first kappa shape index (κ1) is 20.1. The fourth-order valence-electron chi connectivity index (χ4n) is 3.51. The van der Waals surface area contributed by atoms with Crippen molar-refractivity contribution in [3.8, 4) is 0 Å². The minimum Gasteiger partial charge on any atom is -0.343 e. The van der Waals surface area contributed by atoms with Gasteiger partial charge in [0.1, 0.15) is 5.66 Å². The Morgan fingerprint density at radius 1 is 0.920 bits per heavy atom. The average molecular weight is 350 g/mol. The molecule has 5 nitrogen and oxygen atoms in total. The Bertz CT molecular complexity index is 435. The van der Waals surface area contributed by atoms with Gasteiger partial charge in [0, 0.05) is 19.6 Å². The number of unbranched alkanes of at least 4 members (excludes halogenated alkanes) is 7. The first-order valence-electron chi connectivity index (χ1n) is 10.6. The van der Waals surface area contributed by atoms with E-state index >= 15 is 0 Å². The van der Waals surface area contributed by atoms with E-state index in [4.69, 9.17) is 9.98 Å². The van der Waals surface area contributed by atoms with E-state index in [9.17, 15) is 0 Å². The summed E-state index contributed by atoms with van der Waals surface area (Å²) in [7, 11) is 0. The van der Waals surface area contributed by atoms with Gasteiger partial charge in [-0.25, -0.2) is 0 Å². The highest BCUT2D eigenvalue weighted by Gasteiger charge is 2.28. The molecule has 1 fully saturated rings. The van der Waals surface area contributed by atoms with Gasteiger partial charge in [0.25, 0.3) is 0 Å². The van der Waals surface area contributed by atoms with Crippen LogP contribution in [-0.2, 0) is 0 Å². The third-order valence-corrected chi connectivity index (χ3v) is 4.99. The van der Waals surface area contributed by atoms with Crippen molar-refractivity contribution in [3.05, 3.63) is 0 Å². The first-order valence-corrected chi connectivity index (χ1v) is 10.6. The van der Waals surface area contributed by atoms with Gasteiger partial charge in [0.2, 0.25) is 11.9 Å². The lowest BCUT2D eigenvalue weighted by Gasteiger charge is -2.39. The lowest BCUT2D eigenvalue weighted by molar-refractivity contribution is 0.306. The standard InChI is InChI=1S/C20H39N5/c1-4-5-6-7-8-9-10-12-15-21-18-22-19(24-20(2,3)23-18)25-16-13-11-14-17-25/h4-17H2,1-3H3,(H2,21,22,23,24). The Balaban J connectivity index is 1.73. The largest absolute Gasteiger partial charge is 0.343 e. The van der Waals surface area contributed by atoms with Crippen LogP contribution >= 0.6 is 0 Å². The zero-order chi connectivity index (χ0) is 18.0. The number of nitrogens with one attached hydrogen (secondary N) is 2. The lowest BCUT2D eigenvalue weighted by Crippen LogP contribution is -2.63. The Morgan fingerprint density at radius 2 is 1.56 bits per heavy atom. The van der Waals surface area contributed by atoms with Gasteiger partial charge < -0.3 is 15.5 Å². The highest BCUT2D eigenvalue weighted by atomic mass is 15.4. The van der Waals surface area contributed by atoms with Crippen LogP contribution in [0.5, 0.6) is 0 Å². The predicted octanol–water partition coefficient (Wildman–Crippen LogP) is 4.25. The van der Waals surface area contributed by atoms with E-state index in [1.54, 1.807) is 0 Å². The van der Waals surface area contributed by atoms with E-state index < -0.39 is 0 Å². The fraction of sp³-hybridized carbons (Fsp3) is 0.900. The quantitative estimate of drug-likeness (QED) is 0.612. The van der Waals surface area contributed by atoms with E-state index in [2.05, 4.69) is 36.3 Å². The smallest absolute Gasteiger partial charge is 0.223 e. The number of aliphatic imine (C=N–C) groups is 2. The van der Waals surface area contributed by atoms with Crippen LogP contribution < -0.4 is 10.6 Å². The maximum atomic E-state index is 4.74. The highest BCUT2D eigenvalue weighted by molar-refractivity contribution is 5.98. The molecule has 25 heavy (non-hydrogen) atoms. The molecular formula is C20H39N5. The van der Waals surface area contributed by atoms with Crippen LogP contribution in [0.4, 0.5) is 0 Å². The van der Waals surface area contributed by atoms with E-state index in [-0.39, 0.29) is 5.66 Å². The molecule has 0 bridgehead atoms. The molecule has 0 amide bonds. The Kier molecular flexibility index (Phi) is 8.56. The predicted molar refractivity (Wildman–Crippen MR) is 108 cm³/mol. The molecule has 0 unspecified atom stereocenters. The molecular weight excluding hydrogens is 310 g/mol. The summed E-state index contributed by atoms with van der Waals surface area (Å²) in [5.41, 5.74) is -0.188. The van der Waals surface area contributed by atoms with Crippen LogP contribution in [0.1, 0.15) is 91.4 Å². The molecule has 0 aliphatic carbocycles. The molecule has 0 radical (unpaired) electrons. The molecule has 0 saturated carbocycles. The molecule has 144 valence electrons. The van der Waals surface area contributed by atoms with Gasteiger partial charge in [0.05, 0.1) is 0 Å². The molecule has 0 atom stereocenters. The number of guanidine groups is 2. The minimum atomic E-state index is -0.188. The monoisotopic (exact) mass is 349 g/mol. The summed E-state index contributed by atoms with van der Waals surface area (Å²) in [4.78, 5) is 11.8. The average Bonchev–Trinajstić information content (AvgIpc) is 2.60. The molecule has 2 N–H and O–H groups in total. The van der Waals surface area contributed by atoms with Crippen LogP contribution in [0.15, 0.2) is 9.98 Å². The van der Waals surface area contributed by atoms with Gasteiger partial charge in [-0.2, -0.15) is 4.99 Å². The molecule has 0 aromatic heterocycles. The molecule has 0 spiro atoms. The maximum Gasteiger partial charge on any atom is 0.223 e. The summed E-state index contributed by atoms with van der Waals surface area (Å²) in [6.45, 7) is 9.66. The Hall–Kier alpha value is -1.26. The third kappa shape index (κ3) is 7.66. The second-order valence-corrected chi connectivity index (χ2v) is 8.04. The molecule has 2 rings (SSSR count). The summed E-state index contributed by atoms with van der Waals surface area (Å²) >= 11 is 0. The van der Waals surface area contributed by atoms with E-state index in [1.165, 1.54) is 70.6 Å². The number of piperidine rings is 1. The van der Waals surface area contributed by atoms with Gasteiger partial charge in [0.15, 0.2) is 0 Å². The van der Waals surface area contributed by atoms with Crippen molar-refractivity contribution in [2.24, 2.45) is 9.98 Å². The van der Waals surface area contributed by atoms with Gasteiger partial charge in [-0.05, 0) is 39.5 Å². The second-order valence-electron chi connectivity index (χ2n) is 8.04. The Morgan fingerprint density at radius 3 is 2.24 bits per heavy atom. The summed E-state index contributed by atoms with van der Waals surface area (Å²) in [6, 6.07) is 0. The number of hydrogen-bond acceptors (Lipinski definition) is 3. The molecule has 2 aliphatic heterocycles. The molecule has 2 aliphatic rings. The number of likely N-dealkylation sites (tertiary alicyclic amines) is 1. The van der Waals surface area contributed by atoms with Crippen LogP contribution in [0.25, 0.3) is 0 Å². The van der Waals surface area contributed by atoms with Crippen molar-refractivity contribution in [1.82, 2.24) is 15.5 Å². The van der Waals surface area contributed by atoms with E-state index in [1.807, 2.05) is 0 Å². The normalized spacial score (nSPS) is 21.6. The highest BCUT2D eigenvalue weighted by Crippen LogP contribution is 2.13. The van der Waals surface area contributed by atoms with Crippen molar-refractivity contribution < 1.29 is 0 Å². The SMILES string of the molecule is CCCCCCCCCCN=C1N=C(N2CCCCC2)NC(C)(C)N1. The van der Waals surface area contributed by atoms with Crippen LogP contribution in [0.2, 0.25) is 0 Å². The first-order chi connectivity index (χ1) is 12.1. The van der Waals surface area contributed by atoms with Gasteiger partial charge in [-0.1, -0.05) is 51.9 Å². The van der Waals surface area contributed by atoms with Crippen molar-refractivity contribution in [3.63, 3.8) is 0 Å². The van der Waals surface area contributed by atoms with Crippen LogP contribution in [0, 0.1) is 0 Å². The summed E-state index contributed by atoms with van der Waals surface area (Å²) in [6.07, 6.45) is 14.6. The van der Waals surface area contributed by atoms with Crippen LogP contribution in [-0.4, -0.2) is 42.1 Å². The summed E-state index contributed by atoms with van der Waals surface area (Å²) in [5, 5.41) is 6.92. The maximum absolute atomic E-state index is 4.74. The topological polar surface area (TPSA) is 52.0 Å². The number of nitrogens with zero attached hydrogens (tertiary/aromatic N) is 3. The molecule has 0 aromatic rings. The van der Waals surface area contributed by atoms with Crippen molar-refractivity contribution >= 4 is 11.9 Å². The van der Waals surface area contributed by atoms with Gasteiger partial charge in [-0.15, -0.1) is 0 Å². The molecule has 0 aromatic carbocycles. The third-order valence-electron chi connectivity index (χ3n) is 4.99. The lowest BCUT2D eigenvalue weighted by atomic mass is 10.1.